The van der Waals surface area contributed by atoms with Crippen LogP contribution < -0.4 is 10.6 Å². The molecule has 0 spiro atoms. The molecule has 1 aromatic carbocycles. The molecule has 1 heterocycles. The number of hydrogen-bond donors (Lipinski definition) is 2. The first-order chi connectivity index (χ1) is 9.20. The summed E-state index contributed by atoms with van der Waals surface area (Å²) in [6, 6.07) is 5.85. The van der Waals surface area contributed by atoms with E-state index in [1.54, 1.807) is 11.7 Å². The zero-order chi connectivity index (χ0) is 13.7. The van der Waals surface area contributed by atoms with Gasteiger partial charge in [-0.05, 0) is 26.0 Å². The van der Waals surface area contributed by atoms with Gasteiger partial charge < -0.3 is 10.6 Å². The summed E-state index contributed by atoms with van der Waals surface area (Å²) in [5.74, 6) is -0.0620. The molecule has 0 unspecified atom stereocenters. The van der Waals surface area contributed by atoms with E-state index in [2.05, 4.69) is 15.6 Å². The third kappa shape index (κ3) is 3.54. The number of aryl methyl sites for hydroxylation is 1. The molecular formula is C14H17N3OS. The number of rotatable bonds is 5. The van der Waals surface area contributed by atoms with Gasteiger partial charge in [-0.1, -0.05) is 11.6 Å². The van der Waals surface area contributed by atoms with Crippen molar-refractivity contribution in [1.82, 2.24) is 10.3 Å². The fourth-order valence-corrected chi connectivity index (χ4v) is 2.32. The zero-order valence-corrected chi connectivity index (χ0v) is 11.9. The van der Waals surface area contributed by atoms with Crippen LogP contribution in [0.15, 0.2) is 29.9 Å². The smallest absolute Gasteiger partial charge is 0.253 e. The first kappa shape index (κ1) is 13.5. The quantitative estimate of drug-likeness (QED) is 0.882. The maximum atomic E-state index is 12.2. The minimum atomic E-state index is -0.0620. The van der Waals surface area contributed by atoms with E-state index in [0.717, 1.165) is 22.7 Å². The Hall–Kier alpha value is -1.88. The summed E-state index contributed by atoms with van der Waals surface area (Å²) in [7, 11) is 0. The highest BCUT2D eigenvalue weighted by Gasteiger charge is 2.11. The van der Waals surface area contributed by atoms with Crippen molar-refractivity contribution < 1.29 is 4.79 Å². The number of anilines is 1. The molecule has 1 aromatic heterocycles. The van der Waals surface area contributed by atoms with Crippen molar-refractivity contribution >= 4 is 22.9 Å². The van der Waals surface area contributed by atoms with Gasteiger partial charge in [-0.3, -0.25) is 9.78 Å². The van der Waals surface area contributed by atoms with E-state index in [4.69, 9.17) is 0 Å². The molecule has 0 bridgehead atoms. The summed E-state index contributed by atoms with van der Waals surface area (Å²) < 4.78 is 0. The fraction of sp³-hybridized carbons (Fsp3) is 0.286. The number of benzene rings is 1. The van der Waals surface area contributed by atoms with Crippen molar-refractivity contribution in [2.45, 2.75) is 20.4 Å². The Morgan fingerprint density at radius 1 is 1.42 bits per heavy atom. The first-order valence-electron chi connectivity index (χ1n) is 6.20. The van der Waals surface area contributed by atoms with Gasteiger partial charge in [0.05, 0.1) is 17.6 Å². The Bertz CT molecular complexity index is 552. The molecule has 0 fully saturated rings. The molecule has 0 radical (unpaired) electrons. The predicted molar refractivity (Wildman–Crippen MR) is 78.6 cm³/mol. The second-order valence-electron chi connectivity index (χ2n) is 4.23. The van der Waals surface area contributed by atoms with Crippen LogP contribution in [-0.2, 0) is 6.54 Å². The van der Waals surface area contributed by atoms with E-state index in [9.17, 15) is 4.79 Å². The van der Waals surface area contributed by atoms with E-state index < -0.39 is 0 Å². The van der Waals surface area contributed by atoms with Gasteiger partial charge in [0.1, 0.15) is 0 Å². The first-order valence-corrected chi connectivity index (χ1v) is 7.08. The Balaban J connectivity index is 2.11. The van der Waals surface area contributed by atoms with Crippen LogP contribution in [0.2, 0.25) is 0 Å². The van der Waals surface area contributed by atoms with Crippen LogP contribution in [0.25, 0.3) is 0 Å². The van der Waals surface area contributed by atoms with Gasteiger partial charge in [0.15, 0.2) is 0 Å². The molecule has 0 saturated heterocycles. The van der Waals surface area contributed by atoms with Crippen molar-refractivity contribution in [3.05, 3.63) is 45.9 Å². The van der Waals surface area contributed by atoms with Crippen LogP contribution in [0.1, 0.15) is 27.7 Å². The average molecular weight is 275 g/mol. The molecule has 0 saturated carbocycles. The third-order valence-electron chi connectivity index (χ3n) is 2.69. The SMILES string of the molecule is CCNc1ccc(C)cc1C(=O)NCc1cncs1. The van der Waals surface area contributed by atoms with Crippen LogP contribution >= 0.6 is 11.3 Å². The number of nitrogens with zero attached hydrogens (tertiary/aromatic N) is 1. The lowest BCUT2D eigenvalue weighted by molar-refractivity contribution is 0.0952. The van der Waals surface area contributed by atoms with Gasteiger partial charge in [0, 0.05) is 23.3 Å². The highest BCUT2D eigenvalue weighted by atomic mass is 32.1. The number of carbonyl (C=O) groups is 1. The lowest BCUT2D eigenvalue weighted by atomic mass is 10.1. The van der Waals surface area contributed by atoms with Crippen LogP contribution in [0.4, 0.5) is 5.69 Å². The summed E-state index contributed by atoms with van der Waals surface area (Å²) in [5, 5.41) is 6.13. The molecule has 5 heteroatoms. The molecule has 100 valence electrons. The number of nitrogens with one attached hydrogen (secondary N) is 2. The summed E-state index contributed by atoms with van der Waals surface area (Å²) in [4.78, 5) is 17.3. The largest absolute Gasteiger partial charge is 0.385 e. The van der Waals surface area contributed by atoms with Crippen molar-refractivity contribution in [2.24, 2.45) is 0 Å². The summed E-state index contributed by atoms with van der Waals surface area (Å²) in [6.45, 7) is 5.30. The van der Waals surface area contributed by atoms with E-state index in [1.807, 2.05) is 32.0 Å². The average Bonchev–Trinajstić information content (AvgIpc) is 2.91. The number of thiazole rings is 1. The maximum absolute atomic E-state index is 12.2. The van der Waals surface area contributed by atoms with Gasteiger partial charge in [-0.2, -0.15) is 0 Å². The standard InChI is InChI=1S/C14H17N3OS/c1-3-16-13-5-4-10(2)6-12(13)14(18)17-8-11-7-15-9-19-11/h4-7,9,16H,3,8H2,1-2H3,(H,17,18). The normalized spacial score (nSPS) is 10.2. The number of aromatic nitrogens is 1. The van der Waals surface area contributed by atoms with Gasteiger partial charge in [-0.15, -0.1) is 11.3 Å². The zero-order valence-electron chi connectivity index (χ0n) is 11.1. The Morgan fingerprint density at radius 2 is 2.26 bits per heavy atom. The third-order valence-corrected chi connectivity index (χ3v) is 3.47. The Labute approximate surface area is 116 Å². The second kappa shape index (κ2) is 6.33. The maximum Gasteiger partial charge on any atom is 0.253 e. The van der Waals surface area contributed by atoms with Crippen LogP contribution in [0.3, 0.4) is 0 Å². The van der Waals surface area contributed by atoms with Crippen LogP contribution in [0.5, 0.6) is 0 Å². The summed E-state index contributed by atoms with van der Waals surface area (Å²) >= 11 is 1.54. The highest BCUT2D eigenvalue weighted by molar-refractivity contribution is 7.09. The van der Waals surface area contributed by atoms with E-state index in [1.165, 1.54) is 11.3 Å². The number of carbonyl (C=O) groups excluding carboxylic acids is 1. The number of hydrogen-bond acceptors (Lipinski definition) is 4. The van der Waals surface area contributed by atoms with E-state index in [0.29, 0.717) is 12.1 Å². The second-order valence-corrected chi connectivity index (χ2v) is 5.20. The molecule has 0 aliphatic rings. The molecule has 2 N–H and O–H groups in total. The van der Waals surface area contributed by atoms with Crippen molar-refractivity contribution in [3.63, 3.8) is 0 Å². The van der Waals surface area contributed by atoms with Gasteiger partial charge in [-0.25, -0.2) is 0 Å². The number of amides is 1. The lowest BCUT2D eigenvalue weighted by Crippen LogP contribution is -2.23. The molecule has 2 aromatic rings. The molecule has 0 aliphatic heterocycles. The lowest BCUT2D eigenvalue weighted by Gasteiger charge is -2.11. The monoisotopic (exact) mass is 275 g/mol. The molecule has 4 nitrogen and oxygen atoms in total. The van der Waals surface area contributed by atoms with E-state index >= 15 is 0 Å². The van der Waals surface area contributed by atoms with Crippen LogP contribution in [0, 0.1) is 6.92 Å². The Kier molecular flexibility index (Phi) is 4.52. The highest BCUT2D eigenvalue weighted by Crippen LogP contribution is 2.17. The molecule has 1 amide bonds. The fourth-order valence-electron chi connectivity index (χ4n) is 1.78. The molecule has 19 heavy (non-hydrogen) atoms. The minimum Gasteiger partial charge on any atom is -0.385 e. The van der Waals surface area contributed by atoms with Gasteiger partial charge in [0.25, 0.3) is 5.91 Å². The molecular weight excluding hydrogens is 258 g/mol. The molecule has 0 aliphatic carbocycles. The summed E-state index contributed by atoms with van der Waals surface area (Å²) in [5.41, 5.74) is 4.39. The predicted octanol–water partition coefficient (Wildman–Crippen LogP) is 2.81. The minimum absolute atomic E-state index is 0.0620. The van der Waals surface area contributed by atoms with Gasteiger partial charge >= 0.3 is 0 Å². The van der Waals surface area contributed by atoms with E-state index in [-0.39, 0.29) is 5.91 Å². The van der Waals surface area contributed by atoms with Crippen LogP contribution in [-0.4, -0.2) is 17.4 Å². The van der Waals surface area contributed by atoms with Crippen molar-refractivity contribution in [3.8, 4) is 0 Å². The van der Waals surface area contributed by atoms with Crippen molar-refractivity contribution in [2.75, 3.05) is 11.9 Å². The molecule has 0 atom stereocenters. The molecule has 2 rings (SSSR count). The summed E-state index contributed by atoms with van der Waals surface area (Å²) in [6.07, 6.45) is 1.77. The Morgan fingerprint density at radius 3 is 2.95 bits per heavy atom. The van der Waals surface area contributed by atoms with Gasteiger partial charge in [0.2, 0.25) is 0 Å². The topological polar surface area (TPSA) is 54.0 Å². The van der Waals surface area contributed by atoms with Crippen molar-refractivity contribution in [1.29, 1.82) is 0 Å².